The number of ketones is 1. The molecule has 0 saturated heterocycles. The third-order valence-corrected chi connectivity index (χ3v) is 2.93. The highest BCUT2D eigenvalue weighted by Gasteiger charge is 2.18. The van der Waals surface area contributed by atoms with Crippen LogP contribution in [0, 0.1) is 5.92 Å². The minimum atomic E-state index is -0.219. The van der Waals surface area contributed by atoms with Gasteiger partial charge >= 0.3 is 0 Å². The van der Waals surface area contributed by atoms with Gasteiger partial charge in [0.05, 0.1) is 0 Å². The SMILES string of the molecule is CC(CC(=O)CCc1ccccc1)C(=O)N(C)C. The second kappa shape index (κ2) is 6.94. The molecule has 1 atom stereocenters. The van der Waals surface area contributed by atoms with Crippen LogP contribution in [0.25, 0.3) is 0 Å². The highest BCUT2D eigenvalue weighted by Crippen LogP contribution is 2.10. The van der Waals surface area contributed by atoms with E-state index >= 15 is 0 Å². The van der Waals surface area contributed by atoms with Crippen LogP contribution in [-0.4, -0.2) is 30.7 Å². The third kappa shape index (κ3) is 4.70. The molecule has 1 rings (SSSR count). The molecule has 3 heteroatoms. The maximum Gasteiger partial charge on any atom is 0.225 e. The molecule has 0 aliphatic heterocycles. The summed E-state index contributed by atoms with van der Waals surface area (Å²) in [6.45, 7) is 1.81. The number of aryl methyl sites for hydroxylation is 1. The Balaban J connectivity index is 2.36. The van der Waals surface area contributed by atoms with Gasteiger partial charge in [0, 0.05) is 32.9 Å². The molecule has 1 amide bonds. The zero-order chi connectivity index (χ0) is 13.5. The monoisotopic (exact) mass is 247 g/mol. The first kappa shape index (κ1) is 14.4. The number of hydrogen-bond donors (Lipinski definition) is 0. The zero-order valence-electron chi connectivity index (χ0n) is 11.3. The smallest absolute Gasteiger partial charge is 0.225 e. The van der Waals surface area contributed by atoms with Crippen LogP contribution in [0.1, 0.15) is 25.3 Å². The van der Waals surface area contributed by atoms with Crippen molar-refractivity contribution in [1.29, 1.82) is 0 Å². The first-order chi connectivity index (χ1) is 8.50. The molecule has 0 aliphatic rings. The molecule has 98 valence electrons. The molecule has 0 radical (unpaired) electrons. The Bertz CT molecular complexity index is 398. The van der Waals surface area contributed by atoms with Crippen LogP contribution in [0.15, 0.2) is 30.3 Å². The molecule has 1 aromatic carbocycles. The normalized spacial score (nSPS) is 11.9. The highest BCUT2D eigenvalue weighted by molar-refractivity contribution is 5.86. The van der Waals surface area contributed by atoms with Gasteiger partial charge in [-0.2, -0.15) is 0 Å². The van der Waals surface area contributed by atoms with Crippen molar-refractivity contribution >= 4 is 11.7 Å². The summed E-state index contributed by atoms with van der Waals surface area (Å²) in [6.07, 6.45) is 1.60. The number of benzene rings is 1. The van der Waals surface area contributed by atoms with Gasteiger partial charge in [-0.05, 0) is 12.0 Å². The van der Waals surface area contributed by atoms with Gasteiger partial charge in [0.2, 0.25) is 5.91 Å². The summed E-state index contributed by atoms with van der Waals surface area (Å²) >= 11 is 0. The maximum atomic E-state index is 11.8. The van der Waals surface area contributed by atoms with Gasteiger partial charge in [-0.15, -0.1) is 0 Å². The fourth-order valence-corrected chi connectivity index (χ4v) is 1.90. The van der Waals surface area contributed by atoms with E-state index < -0.39 is 0 Å². The van der Waals surface area contributed by atoms with Crippen molar-refractivity contribution in [3.63, 3.8) is 0 Å². The van der Waals surface area contributed by atoms with Crippen molar-refractivity contribution < 1.29 is 9.59 Å². The quantitative estimate of drug-likeness (QED) is 0.773. The Hall–Kier alpha value is -1.64. The van der Waals surface area contributed by atoms with Crippen LogP contribution in [0.3, 0.4) is 0 Å². The second-order valence-corrected chi connectivity index (χ2v) is 4.86. The van der Waals surface area contributed by atoms with E-state index in [-0.39, 0.29) is 17.6 Å². The Morgan fingerprint density at radius 3 is 2.33 bits per heavy atom. The summed E-state index contributed by atoms with van der Waals surface area (Å²) in [5.41, 5.74) is 1.16. The Morgan fingerprint density at radius 1 is 1.17 bits per heavy atom. The van der Waals surface area contributed by atoms with E-state index in [0.29, 0.717) is 12.8 Å². The van der Waals surface area contributed by atoms with E-state index in [2.05, 4.69) is 0 Å². The lowest BCUT2D eigenvalue weighted by atomic mass is 9.99. The predicted molar refractivity (Wildman–Crippen MR) is 72.2 cm³/mol. The van der Waals surface area contributed by atoms with E-state index in [0.717, 1.165) is 12.0 Å². The fraction of sp³-hybridized carbons (Fsp3) is 0.467. The van der Waals surface area contributed by atoms with Gasteiger partial charge in [-0.3, -0.25) is 9.59 Å². The average Bonchev–Trinajstić information content (AvgIpc) is 2.36. The predicted octanol–water partition coefficient (Wildman–Crippen LogP) is 2.30. The minimum Gasteiger partial charge on any atom is -0.349 e. The van der Waals surface area contributed by atoms with Crippen molar-refractivity contribution in [2.45, 2.75) is 26.2 Å². The summed E-state index contributed by atoms with van der Waals surface area (Å²) in [7, 11) is 3.43. The van der Waals surface area contributed by atoms with Crippen molar-refractivity contribution in [2.24, 2.45) is 5.92 Å². The van der Waals surface area contributed by atoms with E-state index in [4.69, 9.17) is 0 Å². The van der Waals surface area contributed by atoms with E-state index in [1.54, 1.807) is 14.1 Å². The van der Waals surface area contributed by atoms with Gasteiger partial charge in [-0.1, -0.05) is 37.3 Å². The molecule has 1 aromatic rings. The summed E-state index contributed by atoms with van der Waals surface area (Å²) in [5.74, 6) is -0.0483. The molecule has 0 aromatic heterocycles. The van der Waals surface area contributed by atoms with E-state index in [1.807, 2.05) is 37.3 Å². The fourth-order valence-electron chi connectivity index (χ4n) is 1.90. The van der Waals surface area contributed by atoms with Gasteiger partial charge in [0.1, 0.15) is 5.78 Å². The number of carbonyl (C=O) groups excluding carboxylic acids is 2. The second-order valence-electron chi connectivity index (χ2n) is 4.86. The lowest BCUT2D eigenvalue weighted by Crippen LogP contribution is -2.29. The summed E-state index contributed by atoms with van der Waals surface area (Å²) in [4.78, 5) is 24.9. The largest absolute Gasteiger partial charge is 0.349 e. The molecule has 0 saturated carbocycles. The van der Waals surface area contributed by atoms with Crippen molar-refractivity contribution in [3.8, 4) is 0 Å². The van der Waals surface area contributed by atoms with Crippen LogP contribution in [0.4, 0.5) is 0 Å². The third-order valence-electron chi connectivity index (χ3n) is 2.93. The number of nitrogens with zero attached hydrogens (tertiary/aromatic N) is 1. The molecule has 3 nitrogen and oxygen atoms in total. The van der Waals surface area contributed by atoms with Crippen LogP contribution in [0.5, 0.6) is 0 Å². The van der Waals surface area contributed by atoms with E-state index in [1.165, 1.54) is 4.90 Å². The van der Waals surface area contributed by atoms with Gasteiger partial charge < -0.3 is 4.90 Å². The standard InChI is InChI=1S/C15H21NO2/c1-12(15(18)16(2)3)11-14(17)10-9-13-7-5-4-6-8-13/h4-8,12H,9-11H2,1-3H3. The van der Waals surface area contributed by atoms with Crippen molar-refractivity contribution in [1.82, 2.24) is 4.90 Å². The lowest BCUT2D eigenvalue weighted by molar-refractivity contribution is -0.135. The molecule has 0 aliphatic carbocycles. The summed E-state index contributed by atoms with van der Waals surface area (Å²) in [5, 5.41) is 0. The number of rotatable bonds is 6. The number of hydrogen-bond acceptors (Lipinski definition) is 2. The molecule has 0 bridgehead atoms. The Labute approximate surface area is 109 Å². The Morgan fingerprint density at radius 2 is 1.78 bits per heavy atom. The highest BCUT2D eigenvalue weighted by atomic mass is 16.2. The molecule has 0 spiro atoms. The van der Waals surface area contributed by atoms with E-state index in [9.17, 15) is 9.59 Å². The Kier molecular flexibility index (Phi) is 5.56. The molecule has 0 heterocycles. The van der Waals surface area contributed by atoms with Gasteiger partial charge in [0.25, 0.3) is 0 Å². The lowest BCUT2D eigenvalue weighted by Gasteiger charge is -2.15. The van der Waals surface area contributed by atoms with Crippen molar-refractivity contribution in [2.75, 3.05) is 14.1 Å². The first-order valence-electron chi connectivity index (χ1n) is 6.27. The average molecular weight is 247 g/mol. The summed E-state index contributed by atoms with van der Waals surface area (Å²) < 4.78 is 0. The molecule has 1 unspecified atom stereocenters. The first-order valence-corrected chi connectivity index (χ1v) is 6.27. The number of Topliss-reactive ketones (excluding diaryl/α,β-unsaturated/α-hetero) is 1. The molecular formula is C15H21NO2. The molecule has 18 heavy (non-hydrogen) atoms. The van der Waals surface area contributed by atoms with Crippen LogP contribution < -0.4 is 0 Å². The van der Waals surface area contributed by atoms with Gasteiger partial charge in [0.15, 0.2) is 0 Å². The molecule has 0 N–H and O–H groups in total. The zero-order valence-corrected chi connectivity index (χ0v) is 11.3. The van der Waals surface area contributed by atoms with Crippen LogP contribution in [0.2, 0.25) is 0 Å². The van der Waals surface area contributed by atoms with Crippen LogP contribution in [-0.2, 0) is 16.0 Å². The minimum absolute atomic E-state index is 0.0167. The van der Waals surface area contributed by atoms with Crippen molar-refractivity contribution in [3.05, 3.63) is 35.9 Å². The topological polar surface area (TPSA) is 37.4 Å². The van der Waals surface area contributed by atoms with Crippen LogP contribution >= 0.6 is 0 Å². The summed E-state index contributed by atoms with van der Waals surface area (Å²) in [6, 6.07) is 9.93. The number of carbonyl (C=O) groups is 2. The molecular weight excluding hydrogens is 226 g/mol. The maximum absolute atomic E-state index is 11.8. The molecule has 0 fully saturated rings. The number of amides is 1. The van der Waals surface area contributed by atoms with Gasteiger partial charge in [-0.25, -0.2) is 0 Å².